The monoisotopic (exact) mass is 110 g/mol. The SMILES string of the molecule is C[CH](C)[Mg][CH2]C=O. The highest BCUT2D eigenvalue weighted by Gasteiger charge is 1.96. The molecule has 0 aliphatic heterocycles. The normalized spacial score (nSPS) is 8.43. The van der Waals surface area contributed by atoms with Crippen LogP contribution in [0, 0.1) is 0 Å². The number of rotatable bonds is 3. The Morgan fingerprint density at radius 1 is 1.71 bits per heavy atom. The van der Waals surface area contributed by atoms with Crippen LogP contribution in [0.4, 0.5) is 0 Å². The van der Waals surface area contributed by atoms with E-state index >= 15 is 0 Å². The fourth-order valence-corrected chi connectivity index (χ4v) is 1.20. The van der Waals surface area contributed by atoms with E-state index in [0.717, 1.165) is 14.9 Å². The molecule has 0 heterocycles. The van der Waals surface area contributed by atoms with Gasteiger partial charge < -0.3 is 4.79 Å². The molecule has 0 aromatic heterocycles. The zero-order valence-corrected chi connectivity index (χ0v) is 6.39. The van der Waals surface area contributed by atoms with Crippen LogP contribution in [0.1, 0.15) is 13.8 Å². The molecule has 0 rings (SSSR count). The summed E-state index contributed by atoms with van der Waals surface area (Å²) in [6.45, 7) is 4.35. The number of aldehydes is 1. The minimum Gasteiger partial charge on any atom is -0.306 e. The number of carbonyl (C=O) groups is 1. The molecule has 1 nitrogen and oxygen atoms in total. The van der Waals surface area contributed by atoms with Crippen molar-refractivity contribution in [3.63, 3.8) is 0 Å². The Labute approximate surface area is 54.2 Å². The Morgan fingerprint density at radius 2 is 2.29 bits per heavy atom. The molecule has 2 heteroatoms. The molecule has 0 bridgehead atoms. The van der Waals surface area contributed by atoms with Crippen molar-refractivity contribution in [2.75, 3.05) is 0 Å². The van der Waals surface area contributed by atoms with Gasteiger partial charge in [-0.15, -0.1) is 4.05 Å². The molecule has 0 N–H and O–H groups in total. The van der Waals surface area contributed by atoms with Crippen molar-refractivity contribution >= 4 is 26.7 Å². The first-order valence-corrected chi connectivity index (χ1v) is 4.52. The van der Waals surface area contributed by atoms with Gasteiger partial charge in [-0.25, -0.2) is 0 Å². The van der Waals surface area contributed by atoms with Gasteiger partial charge in [-0.2, -0.15) is 0 Å². The Hall–Kier alpha value is 0.436. The molecule has 0 aliphatic carbocycles. The van der Waals surface area contributed by atoms with Crippen LogP contribution in [0.15, 0.2) is 0 Å². The number of hydrogen-bond acceptors (Lipinski definition) is 1. The highest BCUT2D eigenvalue weighted by Crippen LogP contribution is 1.97. The third kappa shape index (κ3) is 6.44. The first kappa shape index (κ1) is 7.44. The molecule has 0 spiro atoms. The highest BCUT2D eigenvalue weighted by molar-refractivity contribution is 6.41. The van der Waals surface area contributed by atoms with Crippen LogP contribution in [0.5, 0.6) is 0 Å². The van der Waals surface area contributed by atoms with Crippen molar-refractivity contribution in [1.82, 2.24) is 0 Å². The molecule has 0 radical (unpaired) electrons. The average Bonchev–Trinajstić information content (AvgIpc) is 1.61. The maximum absolute atomic E-state index is 9.74. The Morgan fingerprint density at radius 3 is 2.43 bits per heavy atom. The van der Waals surface area contributed by atoms with E-state index in [9.17, 15) is 4.79 Å². The minimum atomic E-state index is -0.0220. The molecule has 0 atom stereocenters. The smallest absolute Gasteiger partial charge is 0.306 e. The van der Waals surface area contributed by atoms with Crippen LogP contribution < -0.4 is 0 Å². The van der Waals surface area contributed by atoms with Gasteiger partial charge in [0.15, 0.2) is 0 Å². The van der Waals surface area contributed by atoms with E-state index in [-0.39, 0.29) is 20.4 Å². The van der Waals surface area contributed by atoms with Gasteiger partial charge in [0.05, 0.1) is 6.29 Å². The molecule has 0 fully saturated rings. The maximum atomic E-state index is 9.74. The second-order valence-electron chi connectivity index (χ2n) is 2.14. The zero-order chi connectivity index (χ0) is 5.70. The first-order chi connectivity index (χ1) is 3.27. The largest absolute Gasteiger partial charge is 0.378 e. The lowest BCUT2D eigenvalue weighted by Crippen LogP contribution is -1.93. The molecule has 7 heavy (non-hydrogen) atoms. The Kier molecular flexibility index (Phi) is 4.88. The summed E-state index contributed by atoms with van der Waals surface area (Å²) in [7, 11) is 0. The molecule has 0 aromatic carbocycles. The van der Waals surface area contributed by atoms with Gasteiger partial charge in [-0.3, -0.25) is 0 Å². The second kappa shape index (κ2) is 4.59. The summed E-state index contributed by atoms with van der Waals surface area (Å²) in [6.07, 6.45) is 1.03. The quantitative estimate of drug-likeness (QED) is 0.393. The maximum Gasteiger partial charge on any atom is 0.378 e. The lowest BCUT2D eigenvalue weighted by atomic mass is 10.6. The van der Waals surface area contributed by atoms with Crippen LogP contribution in [0.25, 0.3) is 0 Å². The van der Waals surface area contributed by atoms with Crippen molar-refractivity contribution in [2.24, 2.45) is 0 Å². The fraction of sp³-hybridized carbons (Fsp3) is 0.800. The van der Waals surface area contributed by atoms with E-state index in [1.165, 1.54) is 0 Å². The van der Waals surface area contributed by atoms with Crippen molar-refractivity contribution in [2.45, 2.75) is 22.4 Å². The Balaban J connectivity index is 2.81. The van der Waals surface area contributed by atoms with Gasteiger partial charge in [-0.05, 0) is 0 Å². The average molecular weight is 110 g/mol. The number of carbonyl (C=O) groups excluding carboxylic acids is 1. The molecular weight excluding hydrogens is 100 g/mol. The van der Waals surface area contributed by atoms with Gasteiger partial charge in [0.25, 0.3) is 0 Å². The van der Waals surface area contributed by atoms with Crippen molar-refractivity contribution in [3.8, 4) is 0 Å². The fourth-order valence-electron chi connectivity index (χ4n) is 0.401. The summed E-state index contributed by atoms with van der Waals surface area (Å²) in [5.41, 5.74) is 0. The second-order valence-corrected chi connectivity index (χ2v) is 4.93. The summed E-state index contributed by atoms with van der Waals surface area (Å²) >= 11 is -0.0220. The van der Waals surface area contributed by atoms with Crippen LogP contribution in [-0.2, 0) is 4.79 Å². The standard InChI is InChI=1S/C3H7.C2H3O.Mg/c1-3-2;1-2-3;/h3H,1-2H3;2H,1H2;. The van der Waals surface area contributed by atoms with E-state index in [1.54, 1.807) is 0 Å². The van der Waals surface area contributed by atoms with Crippen molar-refractivity contribution < 1.29 is 4.79 Å². The summed E-state index contributed by atoms with van der Waals surface area (Å²) in [6, 6.07) is 0. The molecule has 0 amide bonds. The van der Waals surface area contributed by atoms with Crippen LogP contribution in [0.2, 0.25) is 8.60 Å². The first-order valence-electron chi connectivity index (χ1n) is 2.71. The summed E-state index contributed by atoms with van der Waals surface area (Å²) in [5, 5.41) is 0. The topological polar surface area (TPSA) is 17.1 Å². The third-order valence-corrected chi connectivity index (χ3v) is 2.59. The van der Waals surface area contributed by atoms with Gasteiger partial charge in [0.2, 0.25) is 0 Å². The van der Waals surface area contributed by atoms with Crippen LogP contribution >= 0.6 is 0 Å². The predicted molar refractivity (Wildman–Crippen MR) is 31.7 cm³/mol. The van der Waals surface area contributed by atoms with Gasteiger partial charge in [0.1, 0.15) is 0 Å². The van der Waals surface area contributed by atoms with Gasteiger partial charge in [0, 0.05) is 0 Å². The molecular formula is C5H10MgO. The van der Waals surface area contributed by atoms with Crippen molar-refractivity contribution in [1.29, 1.82) is 0 Å². The summed E-state index contributed by atoms with van der Waals surface area (Å²) in [5.74, 6) is 0. The van der Waals surface area contributed by atoms with E-state index in [0.29, 0.717) is 0 Å². The summed E-state index contributed by atoms with van der Waals surface area (Å²) < 4.78 is 1.67. The minimum absolute atomic E-state index is 0.0220. The molecule has 0 aliphatic rings. The molecule has 0 unspecified atom stereocenters. The van der Waals surface area contributed by atoms with Gasteiger partial charge in [-0.1, -0.05) is 18.4 Å². The predicted octanol–water partition coefficient (Wildman–Crippen LogP) is 1.14. The van der Waals surface area contributed by atoms with Crippen LogP contribution in [-0.4, -0.2) is 26.7 Å². The van der Waals surface area contributed by atoms with E-state index < -0.39 is 0 Å². The van der Waals surface area contributed by atoms with Crippen LogP contribution in [0.3, 0.4) is 0 Å². The van der Waals surface area contributed by atoms with E-state index in [4.69, 9.17) is 0 Å². The molecule has 0 aromatic rings. The summed E-state index contributed by atoms with van der Waals surface area (Å²) in [4.78, 5) is 9.74. The lowest BCUT2D eigenvalue weighted by Gasteiger charge is -1.91. The van der Waals surface area contributed by atoms with E-state index in [1.807, 2.05) is 0 Å². The molecule has 38 valence electrons. The molecule has 0 saturated heterocycles. The van der Waals surface area contributed by atoms with Crippen molar-refractivity contribution in [3.05, 3.63) is 0 Å². The Bertz CT molecular complexity index is 52.0. The lowest BCUT2D eigenvalue weighted by molar-refractivity contribution is -0.106. The van der Waals surface area contributed by atoms with Gasteiger partial charge >= 0.3 is 20.4 Å². The number of hydrogen-bond donors (Lipinski definition) is 0. The molecule has 0 saturated carbocycles. The zero-order valence-electron chi connectivity index (χ0n) is 4.98. The van der Waals surface area contributed by atoms with E-state index in [2.05, 4.69) is 13.8 Å². The highest BCUT2D eigenvalue weighted by atomic mass is 24.5. The third-order valence-electron chi connectivity index (χ3n) is 0.862.